The zero-order valence-electron chi connectivity index (χ0n) is 20.2. The van der Waals surface area contributed by atoms with Crippen LogP contribution in [0.25, 0.3) is 27.8 Å². The molecule has 1 aliphatic carbocycles. The third kappa shape index (κ3) is 5.27. The van der Waals surface area contributed by atoms with Crippen LogP contribution in [0.5, 0.6) is 0 Å². The quantitative estimate of drug-likeness (QED) is 0.234. The molecule has 0 heterocycles. The van der Waals surface area contributed by atoms with Crippen LogP contribution in [0.1, 0.15) is 57.1 Å². The Balaban J connectivity index is 1.58. The van der Waals surface area contributed by atoms with E-state index in [-0.39, 0.29) is 11.1 Å². The molecule has 1 atom stereocenters. The Kier molecular flexibility index (Phi) is 7.90. The molecule has 4 heteroatoms. The molecule has 182 valence electrons. The first-order valence-corrected chi connectivity index (χ1v) is 12.3. The van der Waals surface area contributed by atoms with Gasteiger partial charge in [0.15, 0.2) is 23.3 Å². The summed E-state index contributed by atoms with van der Waals surface area (Å²) in [5, 5.41) is 0. The number of hydrogen-bond donors (Lipinski definition) is 0. The number of hydrogen-bond acceptors (Lipinski definition) is 0. The van der Waals surface area contributed by atoms with Crippen LogP contribution < -0.4 is 0 Å². The van der Waals surface area contributed by atoms with E-state index in [4.69, 9.17) is 0 Å². The number of benzene rings is 3. The van der Waals surface area contributed by atoms with Crippen LogP contribution in [0.4, 0.5) is 17.6 Å². The highest BCUT2D eigenvalue weighted by atomic mass is 19.2. The maximum Gasteiger partial charge on any atom is 0.167 e. The molecule has 3 aromatic rings. The zero-order chi connectivity index (χ0) is 24.9. The van der Waals surface area contributed by atoms with E-state index < -0.39 is 23.3 Å². The third-order valence-electron chi connectivity index (χ3n) is 6.81. The SMILES string of the molecule is CC=CC1CC=C(c2ccc(-c3ccc(-c4ccc(CCCC)c(F)c4F)cc3)c(F)c2F)CC1. The molecule has 0 radical (unpaired) electrons. The fourth-order valence-corrected chi connectivity index (χ4v) is 4.77. The van der Waals surface area contributed by atoms with Crippen LogP contribution in [0.2, 0.25) is 0 Å². The van der Waals surface area contributed by atoms with E-state index >= 15 is 8.78 Å². The minimum atomic E-state index is -0.899. The first-order valence-electron chi connectivity index (χ1n) is 12.3. The lowest BCUT2D eigenvalue weighted by Crippen LogP contribution is -2.05. The number of rotatable bonds is 7. The predicted octanol–water partition coefficient (Wildman–Crippen LogP) is 9.68. The Labute approximate surface area is 205 Å². The van der Waals surface area contributed by atoms with Crippen LogP contribution in [-0.4, -0.2) is 0 Å². The van der Waals surface area contributed by atoms with Gasteiger partial charge in [-0.2, -0.15) is 0 Å². The van der Waals surface area contributed by atoms with E-state index in [1.54, 1.807) is 48.5 Å². The predicted molar refractivity (Wildman–Crippen MR) is 136 cm³/mol. The maximum atomic E-state index is 15.1. The highest BCUT2D eigenvalue weighted by Crippen LogP contribution is 2.36. The summed E-state index contributed by atoms with van der Waals surface area (Å²) in [7, 11) is 0. The van der Waals surface area contributed by atoms with E-state index in [2.05, 4.69) is 6.08 Å². The van der Waals surface area contributed by atoms with Gasteiger partial charge >= 0.3 is 0 Å². The Hall–Kier alpha value is -3.14. The molecule has 0 saturated heterocycles. The van der Waals surface area contributed by atoms with Gasteiger partial charge in [-0.25, -0.2) is 17.6 Å². The topological polar surface area (TPSA) is 0 Å². The van der Waals surface area contributed by atoms with E-state index in [0.717, 1.165) is 31.3 Å². The molecule has 0 fully saturated rings. The minimum absolute atomic E-state index is 0.141. The highest BCUT2D eigenvalue weighted by molar-refractivity contribution is 5.74. The minimum Gasteiger partial charge on any atom is -0.203 e. The Morgan fingerprint density at radius 3 is 1.91 bits per heavy atom. The molecule has 0 nitrogen and oxygen atoms in total. The van der Waals surface area contributed by atoms with Crippen LogP contribution >= 0.6 is 0 Å². The van der Waals surface area contributed by atoms with Crippen molar-refractivity contribution in [3.63, 3.8) is 0 Å². The summed E-state index contributed by atoms with van der Waals surface area (Å²) >= 11 is 0. The van der Waals surface area contributed by atoms with Crippen molar-refractivity contribution in [2.75, 3.05) is 0 Å². The van der Waals surface area contributed by atoms with Crippen molar-refractivity contribution >= 4 is 5.57 Å². The fourth-order valence-electron chi connectivity index (χ4n) is 4.77. The van der Waals surface area contributed by atoms with Crippen molar-refractivity contribution in [2.24, 2.45) is 5.92 Å². The third-order valence-corrected chi connectivity index (χ3v) is 6.81. The lowest BCUT2D eigenvalue weighted by Gasteiger charge is -2.20. The maximum absolute atomic E-state index is 15.1. The molecule has 0 N–H and O–H groups in total. The van der Waals surface area contributed by atoms with E-state index in [0.29, 0.717) is 41.0 Å². The molecule has 0 bridgehead atoms. The van der Waals surface area contributed by atoms with Crippen LogP contribution in [0, 0.1) is 29.2 Å². The van der Waals surface area contributed by atoms with Gasteiger partial charge in [-0.1, -0.05) is 80.1 Å². The summed E-state index contributed by atoms with van der Waals surface area (Å²) < 4.78 is 59.3. The van der Waals surface area contributed by atoms with Crippen molar-refractivity contribution in [2.45, 2.75) is 52.4 Å². The van der Waals surface area contributed by atoms with Crippen molar-refractivity contribution in [1.29, 1.82) is 0 Å². The van der Waals surface area contributed by atoms with Gasteiger partial charge in [0.2, 0.25) is 0 Å². The standard InChI is InChI=1S/C31H30F4/c1-3-5-7-24-16-17-25(29(33)28(24)32)22-12-14-23(15-13-22)27-19-18-26(30(34)31(27)35)21-10-8-20(6-4-2)9-11-21/h4,6,10,12-20H,3,5,7-9,11H2,1-2H3. The molecule has 1 unspecified atom stereocenters. The average molecular weight is 479 g/mol. The van der Waals surface area contributed by atoms with Crippen LogP contribution in [0.15, 0.2) is 66.8 Å². The summed E-state index contributed by atoms with van der Waals surface area (Å²) in [6, 6.07) is 12.8. The molecule has 0 aliphatic heterocycles. The lowest BCUT2D eigenvalue weighted by atomic mass is 9.85. The Morgan fingerprint density at radius 2 is 1.34 bits per heavy atom. The fraction of sp³-hybridized carbons (Fsp3) is 0.290. The van der Waals surface area contributed by atoms with Gasteiger partial charge in [-0.3, -0.25) is 0 Å². The van der Waals surface area contributed by atoms with Gasteiger partial charge in [0, 0.05) is 16.7 Å². The van der Waals surface area contributed by atoms with Crippen LogP contribution in [-0.2, 0) is 6.42 Å². The second-order valence-corrected chi connectivity index (χ2v) is 9.16. The molecule has 4 rings (SSSR count). The van der Waals surface area contributed by atoms with Crippen molar-refractivity contribution in [1.82, 2.24) is 0 Å². The summed E-state index contributed by atoms with van der Waals surface area (Å²) in [5.41, 5.74) is 2.76. The van der Waals surface area contributed by atoms with E-state index in [9.17, 15) is 8.78 Å². The molecule has 3 aromatic carbocycles. The summed E-state index contributed by atoms with van der Waals surface area (Å²) in [6.07, 6.45) is 10.8. The molecule has 0 spiro atoms. The normalized spacial score (nSPS) is 16.1. The number of allylic oxidation sites excluding steroid dienone is 4. The summed E-state index contributed by atoms with van der Waals surface area (Å²) in [6.45, 7) is 3.98. The average Bonchev–Trinajstić information content (AvgIpc) is 2.88. The van der Waals surface area contributed by atoms with Crippen LogP contribution in [0.3, 0.4) is 0 Å². The highest BCUT2D eigenvalue weighted by Gasteiger charge is 2.21. The zero-order valence-corrected chi connectivity index (χ0v) is 20.2. The first-order chi connectivity index (χ1) is 16.9. The molecular formula is C31H30F4. The molecule has 0 saturated carbocycles. The largest absolute Gasteiger partial charge is 0.203 e. The molecular weight excluding hydrogens is 448 g/mol. The second kappa shape index (κ2) is 11.1. The van der Waals surface area contributed by atoms with Gasteiger partial charge < -0.3 is 0 Å². The number of halogens is 4. The van der Waals surface area contributed by atoms with E-state index in [1.807, 2.05) is 26.0 Å². The molecule has 0 aromatic heterocycles. The lowest BCUT2D eigenvalue weighted by molar-refractivity contribution is 0.499. The summed E-state index contributed by atoms with van der Waals surface area (Å²) in [5.74, 6) is -3.01. The molecule has 0 amide bonds. The Morgan fingerprint density at radius 1 is 0.771 bits per heavy atom. The van der Waals surface area contributed by atoms with Gasteiger partial charge in [0.05, 0.1) is 0 Å². The second-order valence-electron chi connectivity index (χ2n) is 9.16. The molecule has 35 heavy (non-hydrogen) atoms. The van der Waals surface area contributed by atoms with Gasteiger partial charge in [0.1, 0.15) is 0 Å². The van der Waals surface area contributed by atoms with Gasteiger partial charge in [0.25, 0.3) is 0 Å². The number of unbranched alkanes of at least 4 members (excludes halogenated alkanes) is 1. The van der Waals surface area contributed by atoms with Crippen molar-refractivity contribution in [3.05, 3.63) is 101 Å². The Bertz CT molecular complexity index is 1250. The smallest absolute Gasteiger partial charge is 0.167 e. The van der Waals surface area contributed by atoms with Crippen molar-refractivity contribution in [3.8, 4) is 22.3 Å². The number of aryl methyl sites for hydroxylation is 1. The van der Waals surface area contributed by atoms with Gasteiger partial charge in [-0.05, 0) is 67.2 Å². The van der Waals surface area contributed by atoms with Crippen molar-refractivity contribution < 1.29 is 17.6 Å². The van der Waals surface area contributed by atoms with E-state index in [1.165, 1.54) is 0 Å². The summed E-state index contributed by atoms with van der Waals surface area (Å²) in [4.78, 5) is 0. The monoisotopic (exact) mass is 478 g/mol. The first kappa shape index (κ1) is 25.0. The van der Waals surface area contributed by atoms with Gasteiger partial charge in [-0.15, -0.1) is 0 Å². The molecule has 1 aliphatic rings.